The zero-order valence-electron chi connectivity index (χ0n) is 26.3. The van der Waals surface area contributed by atoms with Crippen LogP contribution in [0.15, 0.2) is 24.3 Å². The fraction of sp³-hybridized carbons (Fsp3) is 0.632. The van der Waals surface area contributed by atoms with Crippen LogP contribution in [0, 0.1) is 0 Å². The molecule has 0 bridgehead atoms. The lowest BCUT2D eigenvalue weighted by molar-refractivity contribution is 0.0975. The number of fused-ring (bicyclic) bond motifs is 2. The lowest BCUT2D eigenvalue weighted by Gasteiger charge is -2.27. The Kier molecular flexibility index (Phi) is 14.2. The fourth-order valence-corrected chi connectivity index (χ4v) is 6.47. The summed E-state index contributed by atoms with van der Waals surface area (Å²) in [5, 5.41) is 0. The average Bonchev–Trinajstić information content (AvgIpc) is 2.97. The highest BCUT2D eigenvalue weighted by Gasteiger charge is 2.36. The van der Waals surface area contributed by atoms with E-state index < -0.39 is 0 Å². The summed E-state index contributed by atoms with van der Waals surface area (Å²) in [5.74, 6) is 0.262. The second-order valence-corrected chi connectivity index (χ2v) is 12.2. The van der Waals surface area contributed by atoms with E-state index in [0.29, 0.717) is 0 Å². The minimum absolute atomic E-state index is 0.131. The Balaban J connectivity index is 2.07. The maximum absolute atomic E-state index is 14.6. The molecule has 0 saturated heterocycles. The maximum atomic E-state index is 14.6. The summed E-state index contributed by atoms with van der Waals surface area (Å²) in [6.07, 6.45) is 22.2. The predicted octanol–water partition coefficient (Wildman–Crippen LogP) is 11.0. The van der Waals surface area contributed by atoms with E-state index in [9.17, 15) is 9.59 Å². The first-order valence-electron chi connectivity index (χ1n) is 17.0. The Morgan fingerprint density at radius 3 is 0.775 bits per heavy atom. The molecule has 1 aliphatic rings. The SMILES string of the molecule is CCCCCCc1ccc(CCCCCC)c2c1C(=O)c1c(CCCCCC)ccc(CCCCCC)c1C2=O. The highest BCUT2D eigenvalue weighted by molar-refractivity contribution is 6.30. The highest BCUT2D eigenvalue weighted by Crippen LogP contribution is 2.37. The number of benzene rings is 2. The number of rotatable bonds is 20. The van der Waals surface area contributed by atoms with Crippen LogP contribution in [0.2, 0.25) is 0 Å². The third-order valence-electron chi connectivity index (χ3n) is 8.86. The van der Waals surface area contributed by atoms with E-state index in [0.717, 1.165) is 95.9 Å². The first-order chi connectivity index (χ1) is 19.6. The molecule has 2 heteroatoms. The monoisotopic (exact) mass is 544 g/mol. The molecule has 2 aromatic rings. The van der Waals surface area contributed by atoms with Crippen LogP contribution in [-0.2, 0) is 25.7 Å². The largest absolute Gasteiger partial charge is 0.289 e. The van der Waals surface area contributed by atoms with Crippen LogP contribution in [0.4, 0.5) is 0 Å². The zero-order valence-corrected chi connectivity index (χ0v) is 26.3. The first kappa shape index (κ1) is 32.3. The van der Waals surface area contributed by atoms with Crippen LogP contribution in [0.1, 0.15) is 185 Å². The number of unbranched alkanes of at least 4 members (excludes halogenated alkanes) is 12. The average molecular weight is 545 g/mol. The Bertz CT molecular complexity index is 924. The van der Waals surface area contributed by atoms with Crippen molar-refractivity contribution in [3.8, 4) is 0 Å². The highest BCUT2D eigenvalue weighted by atomic mass is 16.1. The molecular weight excluding hydrogens is 488 g/mol. The molecule has 0 amide bonds. The molecular formula is C38H56O2. The Labute approximate surface area is 245 Å². The minimum Gasteiger partial charge on any atom is -0.289 e. The summed E-state index contributed by atoms with van der Waals surface area (Å²) in [6.45, 7) is 8.93. The lowest BCUT2D eigenvalue weighted by atomic mass is 9.74. The van der Waals surface area contributed by atoms with Crippen molar-refractivity contribution in [1.29, 1.82) is 0 Å². The molecule has 0 fully saturated rings. The first-order valence-corrected chi connectivity index (χ1v) is 17.0. The van der Waals surface area contributed by atoms with Crippen molar-refractivity contribution in [2.24, 2.45) is 0 Å². The van der Waals surface area contributed by atoms with Crippen LogP contribution >= 0.6 is 0 Å². The van der Waals surface area contributed by atoms with E-state index in [1.54, 1.807) is 0 Å². The van der Waals surface area contributed by atoms with Crippen molar-refractivity contribution >= 4 is 11.6 Å². The smallest absolute Gasteiger partial charge is 0.195 e. The van der Waals surface area contributed by atoms with Gasteiger partial charge in [-0.2, -0.15) is 0 Å². The van der Waals surface area contributed by atoms with Crippen LogP contribution in [0.25, 0.3) is 0 Å². The molecule has 2 aromatic carbocycles. The molecule has 0 heterocycles. The van der Waals surface area contributed by atoms with Crippen LogP contribution < -0.4 is 0 Å². The summed E-state index contributed by atoms with van der Waals surface area (Å²) in [7, 11) is 0. The standard InChI is InChI=1S/C38H56O2/c1-5-9-13-17-21-29-25-26-30(22-18-14-10-6-2)34-33(29)37(39)35-31(23-19-15-11-7-3)27-28-32(36(35)38(34)40)24-20-16-12-8-4/h25-28H,5-24H2,1-4H3. The molecule has 0 atom stereocenters. The minimum atomic E-state index is 0.131. The summed E-state index contributed by atoms with van der Waals surface area (Å²) in [6, 6.07) is 8.74. The van der Waals surface area contributed by atoms with Gasteiger partial charge in [0, 0.05) is 22.3 Å². The Hall–Kier alpha value is -2.22. The summed E-state index contributed by atoms with van der Waals surface area (Å²) < 4.78 is 0. The third-order valence-corrected chi connectivity index (χ3v) is 8.86. The Morgan fingerprint density at radius 2 is 0.575 bits per heavy atom. The molecule has 0 unspecified atom stereocenters. The summed E-state index contributed by atoms with van der Waals surface area (Å²) in [5.41, 5.74) is 7.38. The van der Waals surface area contributed by atoms with Crippen molar-refractivity contribution in [2.75, 3.05) is 0 Å². The van der Waals surface area contributed by atoms with E-state index in [-0.39, 0.29) is 11.6 Å². The van der Waals surface area contributed by atoms with Gasteiger partial charge in [0.2, 0.25) is 0 Å². The van der Waals surface area contributed by atoms with Crippen molar-refractivity contribution in [3.63, 3.8) is 0 Å². The number of ketones is 2. The van der Waals surface area contributed by atoms with Crippen LogP contribution in [0.3, 0.4) is 0 Å². The van der Waals surface area contributed by atoms with E-state index in [1.807, 2.05) is 0 Å². The normalized spacial score (nSPS) is 12.6. The zero-order chi connectivity index (χ0) is 28.7. The summed E-state index contributed by atoms with van der Waals surface area (Å²) in [4.78, 5) is 29.2. The molecule has 40 heavy (non-hydrogen) atoms. The molecule has 0 spiro atoms. The van der Waals surface area contributed by atoms with Gasteiger partial charge in [-0.05, 0) is 73.6 Å². The number of carbonyl (C=O) groups excluding carboxylic acids is 2. The molecule has 3 rings (SSSR count). The summed E-state index contributed by atoms with van der Waals surface area (Å²) >= 11 is 0. The van der Waals surface area contributed by atoms with Crippen molar-refractivity contribution in [2.45, 2.75) is 156 Å². The third kappa shape index (κ3) is 8.40. The quantitative estimate of drug-likeness (QED) is 0.133. The number of aryl methyl sites for hydroxylation is 4. The second kappa shape index (κ2) is 17.6. The molecule has 0 saturated carbocycles. The van der Waals surface area contributed by atoms with Gasteiger partial charge in [0.25, 0.3) is 0 Å². The molecule has 220 valence electrons. The van der Waals surface area contributed by atoms with Gasteiger partial charge in [-0.25, -0.2) is 0 Å². The Morgan fingerprint density at radius 1 is 0.350 bits per heavy atom. The number of carbonyl (C=O) groups is 2. The van der Waals surface area contributed by atoms with Gasteiger partial charge in [-0.15, -0.1) is 0 Å². The van der Waals surface area contributed by atoms with Gasteiger partial charge >= 0.3 is 0 Å². The molecule has 0 N–H and O–H groups in total. The maximum Gasteiger partial charge on any atom is 0.195 e. The molecule has 1 aliphatic carbocycles. The van der Waals surface area contributed by atoms with Crippen LogP contribution in [0.5, 0.6) is 0 Å². The van der Waals surface area contributed by atoms with Crippen molar-refractivity contribution in [3.05, 3.63) is 68.8 Å². The molecule has 0 radical (unpaired) electrons. The van der Waals surface area contributed by atoms with Gasteiger partial charge in [0.15, 0.2) is 11.6 Å². The van der Waals surface area contributed by atoms with E-state index in [4.69, 9.17) is 0 Å². The molecule has 0 aromatic heterocycles. The van der Waals surface area contributed by atoms with Crippen molar-refractivity contribution < 1.29 is 9.59 Å². The number of hydrogen-bond acceptors (Lipinski definition) is 2. The van der Waals surface area contributed by atoms with Gasteiger partial charge < -0.3 is 0 Å². The van der Waals surface area contributed by atoms with E-state index >= 15 is 0 Å². The second-order valence-electron chi connectivity index (χ2n) is 12.2. The van der Waals surface area contributed by atoms with Crippen molar-refractivity contribution in [1.82, 2.24) is 0 Å². The fourth-order valence-electron chi connectivity index (χ4n) is 6.47. The number of hydrogen-bond donors (Lipinski definition) is 0. The van der Waals surface area contributed by atoms with E-state index in [2.05, 4.69) is 52.0 Å². The predicted molar refractivity (Wildman–Crippen MR) is 171 cm³/mol. The van der Waals surface area contributed by atoms with Gasteiger partial charge in [0.1, 0.15) is 0 Å². The lowest BCUT2D eigenvalue weighted by Crippen LogP contribution is -2.27. The van der Waals surface area contributed by atoms with E-state index in [1.165, 1.54) is 77.0 Å². The topological polar surface area (TPSA) is 34.1 Å². The van der Waals surface area contributed by atoms with Gasteiger partial charge in [-0.3, -0.25) is 9.59 Å². The van der Waals surface area contributed by atoms with Gasteiger partial charge in [0.05, 0.1) is 0 Å². The molecule has 0 aliphatic heterocycles. The molecule has 2 nitrogen and oxygen atoms in total. The van der Waals surface area contributed by atoms with Crippen LogP contribution in [-0.4, -0.2) is 11.6 Å². The van der Waals surface area contributed by atoms with Gasteiger partial charge in [-0.1, -0.05) is 129 Å².